The number of nitrogens with one attached hydrogen (secondary N) is 1. The third-order valence-corrected chi connectivity index (χ3v) is 3.51. The van der Waals surface area contributed by atoms with Gasteiger partial charge in [-0.25, -0.2) is 13.6 Å². The van der Waals surface area contributed by atoms with E-state index in [2.05, 4.69) is 21.2 Å². The van der Waals surface area contributed by atoms with Crippen molar-refractivity contribution in [3.63, 3.8) is 0 Å². The van der Waals surface area contributed by atoms with Gasteiger partial charge in [-0.2, -0.15) is 0 Å². The van der Waals surface area contributed by atoms with E-state index in [0.29, 0.717) is 13.1 Å². The Labute approximate surface area is 130 Å². The van der Waals surface area contributed by atoms with Crippen LogP contribution in [0.15, 0.2) is 16.6 Å². The minimum Gasteiger partial charge on any atom is -0.444 e. The maximum Gasteiger partial charge on any atom is 0.410 e. The van der Waals surface area contributed by atoms with Crippen molar-refractivity contribution in [2.45, 2.75) is 32.4 Å². The number of rotatable bonds is 2. The molecule has 1 N–H and O–H groups in total. The fourth-order valence-corrected chi connectivity index (χ4v) is 2.24. The second kappa shape index (κ2) is 5.79. The van der Waals surface area contributed by atoms with Crippen LogP contribution in [-0.4, -0.2) is 35.7 Å². The van der Waals surface area contributed by atoms with Crippen LogP contribution in [0.4, 0.5) is 19.3 Å². The molecule has 1 saturated heterocycles. The number of amides is 1. The molecule has 0 spiro atoms. The van der Waals surface area contributed by atoms with Crippen molar-refractivity contribution in [2.75, 3.05) is 18.4 Å². The van der Waals surface area contributed by atoms with Gasteiger partial charge in [0.1, 0.15) is 17.2 Å². The molecule has 1 aromatic carbocycles. The maximum absolute atomic E-state index is 13.6. The first kappa shape index (κ1) is 16.0. The van der Waals surface area contributed by atoms with Gasteiger partial charge in [-0.05, 0) is 42.8 Å². The molecular weight excluding hydrogens is 346 g/mol. The monoisotopic (exact) mass is 362 g/mol. The molecule has 0 atom stereocenters. The van der Waals surface area contributed by atoms with Gasteiger partial charge in [0, 0.05) is 19.2 Å². The molecule has 4 nitrogen and oxygen atoms in total. The summed E-state index contributed by atoms with van der Waals surface area (Å²) in [7, 11) is 0. The van der Waals surface area contributed by atoms with Crippen LogP contribution in [0, 0.1) is 11.6 Å². The van der Waals surface area contributed by atoms with Crippen LogP contribution in [0.3, 0.4) is 0 Å². The minimum atomic E-state index is -0.661. The van der Waals surface area contributed by atoms with Crippen molar-refractivity contribution in [3.05, 3.63) is 28.2 Å². The van der Waals surface area contributed by atoms with Gasteiger partial charge in [0.2, 0.25) is 0 Å². The molecule has 1 aliphatic rings. The Bertz CT molecular complexity index is 555. The lowest BCUT2D eigenvalue weighted by Crippen LogP contribution is -2.58. The molecule has 1 aromatic rings. The zero-order valence-corrected chi connectivity index (χ0v) is 13.6. The van der Waals surface area contributed by atoms with Crippen molar-refractivity contribution in [1.29, 1.82) is 0 Å². The molecule has 1 heterocycles. The molecule has 0 unspecified atom stereocenters. The number of nitrogens with zero attached hydrogens (tertiary/aromatic N) is 1. The first-order valence-corrected chi connectivity index (χ1v) is 7.34. The van der Waals surface area contributed by atoms with Gasteiger partial charge in [0.05, 0.1) is 16.2 Å². The Balaban J connectivity index is 1.89. The van der Waals surface area contributed by atoms with Crippen LogP contribution in [0.5, 0.6) is 0 Å². The number of likely N-dealkylation sites (tertiary alicyclic amines) is 1. The second-order valence-corrected chi connectivity index (χ2v) is 6.83. The van der Waals surface area contributed by atoms with Crippen molar-refractivity contribution < 1.29 is 18.3 Å². The highest BCUT2D eigenvalue weighted by Crippen LogP contribution is 2.26. The Morgan fingerprint density at radius 2 is 1.95 bits per heavy atom. The first-order chi connectivity index (χ1) is 9.65. The highest BCUT2D eigenvalue weighted by atomic mass is 79.9. The molecule has 2 rings (SSSR count). The highest BCUT2D eigenvalue weighted by Gasteiger charge is 2.34. The van der Waals surface area contributed by atoms with Crippen LogP contribution in [-0.2, 0) is 4.74 Å². The first-order valence-electron chi connectivity index (χ1n) is 6.55. The Hall–Kier alpha value is -1.37. The second-order valence-electron chi connectivity index (χ2n) is 5.97. The van der Waals surface area contributed by atoms with Crippen LogP contribution in [0.2, 0.25) is 0 Å². The number of carbonyl (C=O) groups excluding carboxylic acids is 1. The van der Waals surface area contributed by atoms with Gasteiger partial charge in [-0.15, -0.1) is 0 Å². The van der Waals surface area contributed by atoms with Crippen molar-refractivity contribution in [3.8, 4) is 0 Å². The summed E-state index contributed by atoms with van der Waals surface area (Å²) >= 11 is 3.01. The Morgan fingerprint density at radius 3 is 2.52 bits per heavy atom. The van der Waals surface area contributed by atoms with Crippen LogP contribution >= 0.6 is 15.9 Å². The third-order valence-electron chi connectivity index (χ3n) is 2.90. The van der Waals surface area contributed by atoms with E-state index in [-0.39, 0.29) is 22.3 Å². The summed E-state index contributed by atoms with van der Waals surface area (Å²) in [4.78, 5) is 13.3. The largest absolute Gasteiger partial charge is 0.444 e. The van der Waals surface area contributed by atoms with E-state index in [9.17, 15) is 13.6 Å². The fourth-order valence-electron chi connectivity index (χ4n) is 1.90. The predicted molar refractivity (Wildman–Crippen MR) is 79.3 cm³/mol. The molecular formula is C14H17BrF2N2O2. The molecule has 1 aliphatic heterocycles. The lowest BCUT2D eigenvalue weighted by Gasteiger charge is -2.40. The van der Waals surface area contributed by atoms with E-state index in [0.717, 1.165) is 6.07 Å². The molecule has 116 valence electrons. The third kappa shape index (κ3) is 4.06. The molecule has 0 aromatic heterocycles. The van der Waals surface area contributed by atoms with E-state index in [4.69, 9.17) is 4.74 Å². The summed E-state index contributed by atoms with van der Waals surface area (Å²) in [6, 6.07) is 2.08. The van der Waals surface area contributed by atoms with Crippen LogP contribution < -0.4 is 5.32 Å². The number of hydrogen-bond acceptors (Lipinski definition) is 3. The fraction of sp³-hybridized carbons (Fsp3) is 0.500. The standard InChI is InChI=1S/C14H17BrF2N2O2/c1-14(2,3)21-13(20)19-6-8(7-19)18-12-4-9(15)10(16)5-11(12)17/h4-5,8,18H,6-7H2,1-3H3. The minimum absolute atomic E-state index is 0.0793. The molecule has 7 heteroatoms. The van der Waals surface area contributed by atoms with E-state index in [1.54, 1.807) is 20.8 Å². The van der Waals surface area contributed by atoms with E-state index in [1.165, 1.54) is 11.0 Å². The smallest absolute Gasteiger partial charge is 0.410 e. The summed E-state index contributed by atoms with van der Waals surface area (Å²) in [5.41, 5.74) is -0.333. The molecule has 1 fully saturated rings. The van der Waals surface area contributed by atoms with Gasteiger partial charge in [-0.3, -0.25) is 0 Å². The van der Waals surface area contributed by atoms with E-state index in [1.807, 2.05) is 0 Å². The topological polar surface area (TPSA) is 41.6 Å². The van der Waals surface area contributed by atoms with E-state index < -0.39 is 17.2 Å². The van der Waals surface area contributed by atoms with Crippen molar-refractivity contribution in [1.82, 2.24) is 4.90 Å². The van der Waals surface area contributed by atoms with Crippen LogP contribution in [0.25, 0.3) is 0 Å². The lowest BCUT2D eigenvalue weighted by atomic mass is 10.1. The highest BCUT2D eigenvalue weighted by molar-refractivity contribution is 9.10. The summed E-state index contributed by atoms with van der Waals surface area (Å²) in [5, 5.41) is 2.94. The lowest BCUT2D eigenvalue weighted by molar-refractivity contribution is 0.0105. The van der Waals surface area contributed by atoms with Crippen molar-refractivity contribution in [2.24, 2.45) is 0 Å². The molecule has 21 heavy (non-hydrogen) atoms. The molecule has 0 saturated carbocycles. The zero-order chi connectivity index (χ0) is 15.8. The van der Waals surface area contributed by atoms with Gasteiger partial charge in [-0.1, -0.05) is 0 Å². The Kier molecular flexibility index (Phi) is 4.41. The molecule has 1 amide bonds. The number of carbonyl (C=O) groups is 1. The van der Waals surface area contributed by atoms with E-state index >= 15 is 0 Å². The SMILES string of the molecule is CC(C)(C)OC(=O)N1CC(Nc2cc(Br)c(F)cc2F)C1. The van der Waals surface area contributed by atoms with Gasteiger partial charge >= 0.3 is 6.09 Å². The molecule has 0 aliphatic carbocycles. The van der Waals surface area contributed by atoms with Gasteiger partial charge in [0.15, 0.2) is 0 Å². The zero-order valence-electron chi connectivity index (χ0n) is 12.0. The number of benzene rings is 1. The Morgan fingerprint density at radius 1 is 1.33 bits per heavy atom. The van der Waals surface area contributed by atoms with Crippen molar-refractivity contribution >= 4 is 27.7 Å². The summed E-state index contributed by atoms with van der Waals surface area (Å²) in [6.07, 6.45) is -0.388. The summed E-state index contributed by atoms with van der Waals surface area (Å²) in [6.45, 7) is 6.23. The van der Waals surface area contributed by atoms with Gasteiger partial charge < -0.3 is 15.0 Å². The average Bonchev–Trinajstić information content (AvgIpc) is 2.26. The predicted octanol–water partition coefficient (Wildman–Crippen LogP) is 3.76. The maximum atomic E-state index is 13.6. The number of ether oxygens (including phenoxy) is 1. The average molecular weight is 363 g/mol. The molecule has 0 bridgehead atoms. The van der Waals surface area contributed by atoms with Gasteiger partial charge in [0.25, 0.3) is 0 Å². The van der Waals surface area contributed by atoms with Crippen LogP contribution in [0.1, 0.15) is 20.8 Å². The molecule has 0 radical (unpaired) electrons. The normalized spacial score (nSPS) is 15.6. The summed E-state index contributed by atoms with van der Waals surface area (Å²) in [5.74, 6) is -1.31. The summed E-state index contributed by atoms with van der Waals surface area (Å²) < 4.78 is 32.2. The number of hydrogen-bond donors (Lipinski definition) is 1. The number of anilines is 1. The quantitative estimate of drug-likeness (QED) is 0.814. The number of halogens is 3.